The monoisotopic (exact) mass is 458 g/mol. The number of thiophene rings is 1. The Labute approximate surface area is 185 Å². The minimum atomic E-state index is -0.121. The lowest BCUT2D eigenvalue weighted by Gasteiger charge is -2.14. The smallest absolute Gasteiger partial charge is 0.234 e. The highest BCUT2D eigenvalue weighted by atomic mass is 32.2. The van der Waals surface area contributed by atoms with Crippen LogP contribution in [0.5, 0.6) is 0 Å². The molecule has 1 atom stereocenters. The van der Waals surface area contributed by atoms with E-state index in [2.05, 4.69) is 28.8 Å². The first kappa shape index (κ1) is 19.6. The van der Waals surface area contributed by atoms with Gasteiger partial charge in [0.25, 0.3) is 0 Å². The van der Waals surface area contributed by atoms with E-state index < -0.39 is 0 Å². The molecule has 1 aliphatic rings. The molecular weight excluding hydrogens is 440 g/mol. The van der Waals surface area contributed by atoms with Crippen molar-refractivity contribution in [2.75, 3.05) is 17.7 Å². The lowest BCUT2D eigenvalue weighted by atomic mass is 10.2. The molecule has 3 aromatic heterocycles. The Morgan fingerprint density at radius 3 is 3.07 bits per heavy atom. The molecule has 4 heterocycles. The van der Waals surface area contributed by atoms with Crippen LogP contribution in [0.25, 0.3) is 21.7 Å². The van der Waals surface area contributed by atoms with Gasteiger partial charge in [-0.05, 0) is 36.4 Å². The molecule has 1 N–H and O–H groups in total. The van der Waals surface area contributed by atoms with E-state index in [0.29, 0.717) is 17.7 Å². The molecule has 30 heavy (non-hydrogen) atoms. The number of nitrogens with one attached hydrogen (secondary N) is 1. The van der Waals surface area contributed by atoms with Gasteiger partial charge in [0.1, 0.15) is 11.0 Å². The Kier molecular flexibility index (Phi) is 5.75. The molecule has 1 aliphatic heterocycles. The predicted octanol–water partition coefficient (Wildman–Crippen LogP) is 3.92. The molecule has 11 heteroatoms. The second kappa shape index (κ2) is 8.80. The van der Waals surface area contributed by atoms with Crippen LogP contribution in [0.15, 0.2) is 40.9 Å². The minimum absolute atomic E-state index is 0.121. The summed E-state index contributed by atoms with van der Waals surface area (Å²) in [6.45, 7) is 1.48. The summed E-state index contributed by atoms with van der Waals surface area (Å²) >= 11 is 4.13. The molecule has 5 rings (SSSR count). The fraction of sp³-hybridized carbons (Fsp3) is 0.316. The number of carbonyl (C=O) groups is 1. The maximum absolute atomic E-state index is 12.6. The van der Waals surface area contributed by atoms with E-state index in [9.17, 15) is 4.79 Å². The van der Waals surface area contributed by atoms with Gasteiger partial charge in [0.15, 0.2) is 11.0 Å². The number of ether oxygens (including phenoxy) is 1. The van der Waals surface area contributed by atoms with Crippen molar-refractivity contribution in [2.45, 2.75) is 30.6 Å². The van der Waals surface area contributed by atoms with Gasteiger partial charge in [-0.3, -0.25) is 9.36 Å². The van der Waals surface area contributed by atoms with Crippen LogP contribution in [-0.4, -0.2) is 47.9 Å². The van der Waals surface area contributed by atoms with Gasteiger partial charge >= 0.3 is 0 Å². The number of rotatable bonds is 7. The van der Waals surface area contributed by atoms with Crippen molar-refractivity contribution >= 4 is 57.5 Å². The van der Waals surface area contributed by atoms with Crippen LogP contribution < -0.4 is 5.32 Å². The number of aromatic nitrogens is 5. The van der Waals surface area contributed by atoms with Gasteiger partial charge in [0, 0.05) is 6.61 Å². The quantitative estimate of drug-likeness (QED) is 0.419. The molecule has 0 bridgehead atoms. The lowest BCUT2D eigenvalue weighted by molar-refractivity contribution is -0.113. The van der Waals surface area contributed by atoms with Gasteiger partial charge in [0.05, 0.1) is 40.7 Å². The summed E-state index contributed by atoms with van der Waals surface area (Å²) in [7, 11) is 0. The van der Waals surface area contributed by atoms with Gasteiger partial charge in [-0.2, -0.15) is 8.75 Å². The van der Waals surface area contributed by atoms with Gasteiger partial charge in [-0.15, -0.1) is 21.5 Å². The lowest BCUT2D eigenvalue weighted by Crippen LogP contribution is -2.18. The molecular formula is C19H18N6O2S3. The maximum atomic E-state index is 12.6. The van der Waals surface area contributed by atoms with Gasteiger partial charge in [-0.25, -0.2) is 0 Å². The summed E-state index contributed by atoms with van der Waals surface area (Å²) in [6, 6.07) is 9.60. The first-order valence-corrected chi connectivity index (χ1v) is 12.1. The van der Waals surface area contributed by atoms with Crippen molar-refractivity contribution in [1.29, 1.82) is 0 Å². The number of nitrogens with zero attached hydrogens (tertiary/aromatic N) is 5. The SMILES string of the molecule is O=C(CSc1nnc(-c2cccs2)n1CC1CCCO1)Nc1cccc2nsnc12. The largest absolute Gasteiger partial charge is 0.376 e. The Bertz CT molecular complexity index is 1150. The highest BCUT2D eigenvalue weighted by molar-refractivity contribution is 7.99. The molecule has 1 saturated heterocycles. The Hall–Kier alpha value is -2.34. The molecule has 1 unspecified atom stereocenters. The van der Waals surface area contributed by atoms with Crippen molar-refractivity contribution in [3.8, 4) is 10.7 Å². The first-order chi connectivity index (χ1) is 14.8. The molecule has 0 spiro atoms. The maximum Gasteiger partial charge on any atom is 0.234 e. The fourth-order valence-electron chi connectivity index (χ4n) is 3.36. The molecule has 0 aliphatic carbocycles. The van der Waals surface area contributed by atoms with Crippen LogP contribution in [0.2, 0.25) is 0 Å². The standard InChI is InChI=1S/C19H18N6O2S3/c26-16(20-13-5-1-6-14-17(13)24-30-23-14)11-29-19-22-21-18(15-7-3-9-28-15)25(19)10-12-4-2-8-27-12/h1,3,5-7,9,12H,2,4,8,10-11H2,(H,20,26). The Morgan fingerprint density at radius 2 is 2.23 bits per heavy atom. The number of fused-ring (bicyclic) bond motifs is 1. The zero-order chi connectivity index (χ0) is 20.3. The van der Waals surface area contributed by atoms with Gasteiger partial charge in [0.2, 0.25) is 5.91 Å². The zero-order valence-corrected chi connectivity index (χ0v) is 18.3. The van der Waals surface area contributed by atoms with Crippen LogP contribution in [0.3, 0.4) is 0 Å². The molecule has 1 aromatic carbocycles. The van der Waals surface area contributed by atoms with Crippen LogP contribution in [0, 0.1) is 0 Å². The normalized spacial score (nSPS) is 16.3. The third-order valence-corrected chi connectivity index (χ3v) is 7.14. The predicted molar refractivity (Wildman–Crippen MR) is 119 cm³/mol. The van der Waals surface area contributed by atoms with E-state index in [1.807, 2.05) is 35.7 Å². The van der Waals surface area contributed by atoms with E-state index in [0.717, 1.165) is 52.6 Å². The first-order valence-electron chi connectivity index (χ1n) is 9.50. The van der Waals surface area contributed by atoms with E-state index in [1.165, 1.54) is 11.8 Å². The molecule has 0 saturated carbocycles. The summed E-state index contributed by atoms with van der Waals surface area (Å²) in [6.07, 6.45) is 2.25. The third kappa shape index (κ3) is 4.10. The van der Waals surface area contributed by atoms with E-state index in [1.54, 1.807) is 11.3 Å². The number of amides is 1. The summed E-state index contributed by atoms with van der Waals surface area (Å²) in [4.78, 5) is 13.6. The average molecular weight is 459 g/mol. The van der Waals surface area contributed by atoms with E-state index >= 15 is 0 Å². The molecule has 154 valence electrons. The zero-order valence-electron chi connectivity index (χ0n) is 15.9. The summed E-state index contributed by atoms with van der Waals surface area (Å²) in [5, 5.41) is 14.4. The fourth-order valence-corrected chi connectivity index (χ4v) is 5.38. The van der Waals surface area contributed by atoms with Crippen LogP contribution in [0.1, 0.15) is 12.8 Å². The number of hydrogen-bond acceptors (Lipinski definition) is 9. The van der Waals surface area contributed by atoms with Crippen LogP contribution in [0.4, 0.5) is 5.69 Å². The van der Waals surface area contributed by atoms with Crippen molar-refractivity contribution in [3.05, 3.63) is 35.7 Å². The minimum Gasteiger partial charge on any atom is -0.376 e. The Morgan fingerprint density at radius 1 is 1.27 bits per heavy atom. The third-order valence-electron chi connectivity index (χ3n) is 4.76. The molecule has 0 radical (unpaired) electrons. The van der Waals surface area contributed by atoms with Crippen molar-refractivity contribution in [3.63, 3.8) is 0 Å². The summed E-state index contributed by atoms with van der Waals surface area (Å²) in [5.74, 6) is 0.925. The summed E-state index contributed by atoms with van der Waals surface area (Å²) < 4.78 is 16.4. The molecule has 1 fully saturated rings. The number of thioether (sulfide) groups is 1. The molecule has 1 amide bonds. The number of anilines is 1. The summed E-state index contributed by atoms with van der Waals surface area (Å²) in [5.41, 5.74) is 2.16. The van der Waals surface area contributed by atoms with Gasteiger partial charge in [-0.1, -0.05) is 23.9 Å². The van der Waals surface area contributed by atoms with Crippen molar-refractivity contribution in [2.24, 2.45) is 0 Å². The van der Waals surface area contributed by atoms with Crippen molar-refractivity contribution < 1.29 is 9.53 Å². The second-order valence-corrected chi connectivity index (χ2v) is 9.22. The van der Waals surface area contributed by atoms with Crippen molar-refractivity contribution in [1.82, 2.24) is 23.5 Å². The topological polar surface area (TPSA) is 94.8 Å². The highest BCUT2D eigenvalue weighted by Gasteiger charge is 2.22. The number of carbonyl (C=O) groups excluding carboxylic acids is 1. The highest BCUT2D eigenvalue weighted by Crippen LogP contribution is 2.29. The van der Waals surface area contributed by atoms with Crippen LogP contribution >= 0.6 is 34.8 Å². The second-order valence-electron chi connectivity index (χ2n) is 6.80. The molecule has 4 aromatic rings. The van der Waals surface area contributed by atoms with E-state index in [4.69, 9.17) is 4.74 Å². The average Bonchev–Trinajstić information content (AvgIpc) is 3.53. The molecule has 8 nitrogen and oxygen atoms in total. The Balaban J connectivity index is 1.31. The van der Waals surface area contributed by atoms with Crippen LogP contribution in [-0.2, 0) is 16.1 Å². The van der Waals surface area contributed by atoms with Gasteiger partial charge < -0.3 is 10.1 Å². The number of hydrogen-bond donors (Lipinski definition) is 1. The number of benzene rings is 1. The van der Waals surface area contributed by atoms with E-state index in [-0.39, 0.29) is 17.8 Å².